The minimum absolute atomic E-state index is 0.0952. The van der Waals surface area contributed by atoms with Gasteiger partial charge in [-0.1, -0.05) is 0 Å². The number of carbonyl (C=O) groups excluding carboxylic acids is 1. The fraction of sp³-hybridized carbons (Fsp3) is 0.417. The second-order valence-electron chi connectivity index (χ2n) is 4.41. The van der Waals surface area contributed by atoms with Gasteiger partial charge in [0, 0.05) is 18.8 Å². The van der Waals surface area contributed by atoms with Crippen molar-refractivity contribution in [2.24, 2.45) is 0 Å². The van der Waals surface area contributed by atoms with E-state index in [9.17, 15) is 13.2 Å². The van der Waals surface area contributed by atoms with Gasteiger partial charge in [0.25, 0.3) is 0 Å². The molecule has 1 aliphatic heterocycles. The van der Waals surface area contributed by atoms with E-state index in [2.05, 4.69) is 0 Å². The van der Waals surface area contributed by atoms with Crippen LogP contribution in [0.5, 0.6) is 0 Å². The van der Waals surface area contributed by atoms with Crippen LogP contribution in [0.2, 0.25) is 0 Å². The highest BCUT2D eigenvalue weighted by molar-refractivity contribution is 7.91. The molecule has 0 aliphatic carbocycles. The van der Waals surface area contributed by atoms with Gasteiger partial charge >= 0.3 is 5.97 Å². The third-order valence-electron chi connectivity index (χ3n) is 3.11. The van der Waals surface area contributed by atoms with Crippen molar-refractivity contribution in [3.05, 3.63) is 23.8 Å². The minimum Gasteiger partial charge on any atom is -0.465 e. The van der Waals surface area contributed by atoms with Crippen LogP contribution in [-0.2, 0) is 14.6 Å². The lowest BCUT2D eigenvalue weighted by Gasteiger charge is -2.30. The van der Waals surface area contributed by atoms with Crippen molar-refractivity contribution in [2.45, 2.75) is 0 Å². The molecule has 1 heterocycles. The largest absolute Gasteiger partial charge is 0.465 e. The Morgan fingerprint density at radius 3 is 2.53 bits per heavy atom. The Hall–Kier alpha value is -1.76. The molecule has 0 atom stereocenters. The lowest BCUT2D eigenvalue weighted by Crippen LogP contribution is -2.41. The smallest absolute Gasteiger partial charge is 0.340 e. The van der Waals surface area contributed by atoms with Gasteiger partial charge in [0.1, 0.15) is 0 Å². The van der Waals surface area contributed by atoms with Gasteiger partial charge in [-0.3, -0.25) is 0 Å². The van der Waals surface area contributed by atoms with Crippen LogP contribution in [0.25, 0.3) is 0 Å². The molecule has 0 amide bonds. The van der Waals surface area contributed by atoms with Gasteiger partial charge in [-0.2, -0.15) is 0 Å². The molecule has 0 saturated carbocycles. The van der Waals surface area contributed by atoms with Crippen LogP contribution in [0.3, 0.4) is 0 Å². The van der Waals surface area contributed by atoms with Crippen molar-refractivity contribution in [1.29, 1.82) is 0 Å². The Morgan fingerprint density at radius 1 is 1.32 bits per heavy atom. The molecule has 0 radical (unpaired) electrons. The molecule has 1 aromatic rings. The molecule has 19 heavy (non-hydrogen) atoms. The van der Waals surface area contributed by atoms with E-state index >= 15 is 0 Å². The second kappa shape index (κ2) is 5.08. The number of hydrogen-bond acceptors (Lipinski definition) is 6. The Morgan fingerprint density at radius 2 is 1.95 bits per heavy atom. The second-order valence-corrected chi connectivity index (χ2v) is 6.71. The number of esters is 1. The number of nitrogen functional groups attached to an aromatic ring is 1. The average molecular weight is 284 g/mol. The van der Waals surface area contributed by atoms with Crippen molar-refractivity contribution >= 4 is 27.2 Å². The summed E-state index contributed by atoms with van der Waals surface area (Å²) in [4.78, 5) is 13.6. The molecule has 0 bridgehead atoms. The number of sulfone groups is 1. The normalized spacial score (nSPS) is 18.1. The van der Waals surface area contributed by atoms with Gasteiger partial charge in [0.05, 0.1) is 29.9 Å². The molecule has 7 heteroatoms. The highest BCUT2D eigenvalue weighted by Gasteiger charge is 2.25. The molecule has 0 spiro atoms. The summed E-state index contributed by atoms with van der Waals surface area (Å²) in [5.41, 5.74) is 7.16. The summed E-state index contributed by atoms with van der Waals surface area (Å²) in [6, 6.07) is 4.95. The monoisotopic (exact) mass is 284 g/mol. The number of anilines is 2. The van der Waals surface area contributed by atoms with Crippen LogP contribution in [0.1, 0.15) is 10.4 Å². The molecule has 1 aliphatic rings. The van der Waals surface area contributed by atoms with Gasteiger partial charge in [0.2, 0.25) is 0 Å². The maximum Gasteiger partial charge on any atom is 0.340 e. The van der Waals surface area contributed by atoms with E-state index in [-0.39, 0.29) is 11.5 Å². The van der Waals surface area contributed by atoms with Crippen LogP contribution in [0.15, 0.2) is 18.2 Å². The quantitative estimate of drug-likeness (QED) is 0.620. The predicted molar refractivity (Wildman–Crippen MR) is 73.1 cm³/mol. The van der Waals surface area contributed by atoms with Crippen molar-refractivity contribution in [2.75, 3.05) is 42.3 Å². The Labute approximate surface area is 112 Å². The zero-order valence-electron chi connectivity index (χ0n) is 10.6. The number of nitrogens with zero attached hydrogens (tertiary/aromatic N) is 1. The van der Waals surface area contributed by atoms with Gasteiger partial charge in [-0.25, -0.2) is 13.2 Å². The van der Waals surface area contributed by atoms with Gasteiger partial charge in [-0.15, -0.1) is 0 Å². The molecule has 1 saturated heterocycles. The van der Waals surface area contributed by atoms with E-state index in [1.807, 2.05) is 4.90 Å². The summed E-state index contributed by atoms with van der Waals surface area (Å²) in [5, 5.41) is 0. The molecule has 0 unspecified atom stereocenters. The number of methoxy groups -OCH3 is 1. The van der Waals surface area contributed by atoms with E-state index < -0.39 is 15.8 Å². The van der Waals surface area contributed by atoms with Crippen molar-refractivity contribution < 1.29 is 17.9 Å². The first-order valence-electron chi connectivity index (χ1n) is 5.86. The number of nitrogens with two attached hydrogens (primary N) is 1. The molecule has 0 aromatic heterocycles. The summed E-state index contributed by atoms with van der Waals surface area (Å²) in [6.07, 6.45) is 0. The maximum atomic E-state index is 11.7. The molecule has 2 N–H and O–H groups in total. The van der Waals surface area contributed by atoms with Crippen LogP contribution >= 0.6 is 0 Å². The SMILES string of the molecule is COC(=O)c1cc(N)ccc1N1CCS(=O)(=O)CC1. The summed E-state index contributed by atoms with van der Waals surface area (Å²) in [5.74, 6) is -0.286. The fourth-order valence-electron chi connectivity index (χ4n) is 2.06. The van der Waals surface area contributed by atoms with Crippen molar-refractivity contribution in [3.63, 3.8) is 0 Å². The molecule has 104 valence electrons. The van der Waals surface area contributed by atoms with E-state index in [0.29, 0.717) is 30.0 Å². The van der Waals surface area contributed by atoms with Crippen LogP contribution in [-0.4, -0.2) is 46.1 Å². The fourth-order valence-corrected chi connectivity index (χ4v) is 3.26. The van der Waals surface area contributed by atoms with Gasteiger partial charge < -0.3 is 15.4 Å². The lowest BCUT2D eigenvalue weighted by atomic mass is 10.1. The first-order valence-corrected chi connectivity index (χ1v) is 7.68. The molecular weight excluding hydrogens is 268 g/mol. The first-order chi connectivity index (χ1) is 8.93. The lowest BCUT2D eigenvalue weighted by molar-refractivity contribution is 0.0601. The van der Waals surface area contributed by atoms with Crippen LogP contribution < -0.4 is 10.6 Å². The zero-order chi connectivity index (χ0) is 14.0. The number of carbonyl (C=O) groups is 1. The van der Waals surface area contributed by atoms with Crippen LogP contribution in [0, 0.1) is 0 Å². The molecule has 6 nitrogen and oxygen atoms in total. The topological polar surface area (TPSA) is 89.7 Å². The number of benzene rings is 1. The third kappa shape index (κ3) is 2.98. The average Bonchev–Trinajstić information content (AvgIpc) is 2.38. The molecule has 2 rings (SSSR count). The molecule has 1 fully saturated rings. The van der Waals surface area contributed by atoms with E-state index in [1.165, 1.54) is 7.11 Å². The first kappa shape index (κ1) is 13.7. The van der Waals surface area contributed by atoms with Crippen LogP contribution in [0.4, 0.5) is 11.4 Å². The number of rotatable bonds is 2. The van der Waals surface area contributed by atoms with Gasteiger partial charge in [-0.05, 0) is 18.2 Å². The zero-order valence-corrected chi connectivity index (χ0v) is 11.4. The Kier molecular flexibility index (Phi) is 3.66. The molecule has 1 aromatic carbocycles. The summed E-state index contributed by atoms with van der Waals surface area (Å²) < 4.78 is 27.6. The Balaban J connectivity index is 2.32. The van der Waals surface area contributed by atoms with E-state index in [0.717, 1.165) is 0 Å². The summed E-state index contributed by atoms with van der Waals surface area (Å²) in [6.45, 7) is 0.743. The van der Waals surface area contributed by atoms with Crippen molar-refractivity contribution in [3.8, 4) is 0 Å². The number of ether oxygens (including phenoxy) is 1. The minimum atomic E-state index is -2.95. The van der Waals surface area contributed by atoms with E-state index in [1.54, 1.807) is 18.2 Å². The third-order valence-corrected chi connectivity index (χ3v) is 4.72. The summed E-state index contributed by atoms with van der Waals surface area (Å²) in [7, 11) is -1.65. The predicted octanol–water partition coefficient (Wildman–Crippen LogP) is 0.290. The highest BCUT2D eigenvalue weighted by Crippen LogP contribution is 2.25. The van der Waals surface area contributed by atoms with Gasteiger partial charge in [0.15, 0.2) is 9.84 Å². The Bertz CT molecular complexity index is 584. The number of hydrogen-bond donors (Lipinski definition) is 1. The summed E-state index contributed by atoms with van der Waals surface area (Å²) >= 11 is 0. The maximum absolute atomic E-state index is 11.7. The molecular formula is C12H16N2O4S. The van der Waals surface area contributed by atoms with E-state index in [4.69, 9.17) is 10.5 Å². The highest BCUT2D eigenvalue weighted by atomic mass is 32.2. The van der Waals surface area contributed by atoms with Crippen molar-refractivity contribution in [1.82, 2.24) is 0 Å². The standard InChI is InChI=1S/C12H16N2O4S/c1-18-12(15)10-8-9(13)2-3-11(10)14-4-6-19(16,17)7-5-14/h2-3,8H,4-7,13H2,1H3.